The number of methoxy groups -OCH3 is 1. The Morgan fingerprint density at radius 2 is 2.37 bits per heavy atom. The van der Waals surface area contributed by atoms with Crippen molar-refractivity contribution in [2.24, 2.45) is 0 Å². The van der Waals surface area contributed by atoms with Crippen LogP contribution in [0.15, 0.2) is 18.2 Å². The van der Waals surface area contributed by atoms with Crippen molar-refractivity contribution >= 4 is 17.3 Å². The van der Waals surface area contributed by atoms with E-state index in [-0.39, 0.29) is 12.0 Å². The first kappa shape index (κ1) is 13.9. The van der Waals surface area contributed by atoms with Crippen LogP contribution in [-0.2, 0) is 16.0 Å². The third-order valence-corrected chi connectivity index (χ3v) is 3.55. The summed E-state index contributed by atoms with van der Waals surface area (Å²) in [6.07, 6.45) is 3.49. The average Bonchev–Trinajstić information content (AvgIpc) is 2.45. The summed E-state index contributed by atoms with van der Waals surface area (Å²) in [5.41, 5.74) is 3.32. The summed E-state index contributed by atoms with van der Waals surface area (Å²) in [7, 11) is 1.67. The van der Waals surface area contributed by atoms with Crippen molar-refractivity contribution in [3.8, 4) is 0 Å². The van der Waals surface area contributed by atoms with Crippen LogP contribution in [0.1, 0.15) is 31.7 Å². The summed E-state index contributed by atoms with van der Waals surface area (Å²) in [5.74, 6) is 0.0582. The number of nitrogens with one attached hydrogen (secondary N) is 2. The number of carbonyl (C=O) groups excluding carboxylic acids is 1. The molecule has 1 aliphatic rings. The molecule has 1 atom stereocenters. The van der Waals surface area contributed by atoms with Gasteiger partial charge in [0, 0.05) is 31.5 Å². The number of ether oxygens (including phenoxy) is 1. The molecule has 1 aromatic carbocycles. The molecule has 0 fully saturated rings. The predicted molar refractivity (Wildman–Crippen MR) is 77.6 cm³/mol. The second-order valence-corrected chi connectivity index (χ2v) is 5.00. The van der Waals surface area contributed by atoms with Gasteiger partial charge in [-0.3, -0.25) is 4.79 Å². The van der Waals surface area contributed by atoms with Crippen LogP contribution in [0.5, 0.6) is 0 Å². The Labute approximate surface area is 114 Å². The average molecular weight is 262 g/mol. The van der Waals surface area contributed by atoms with Gasteiger partial charge in [0.25, 0.3) is 0 Å². The highest BCUT2D eigenvalue weighted by Crippen LogP contribution is 2.28. The Morgan fingerprint density at radius 1 is 1.53 bits per heavy atom. The zero-order valence-corrected chi connectivity index (χ0v) is 11.7. The Kier molecular flexibility index (Phi) is 4.80. The van der Waals surface area contributed by atoms with Gasteiger partial charge in [0.2, 0.25) is 5.91 Å². The molecular weight excluding hydrogens is 240 g/mol. The smallest absolute Gasteiger partial charge is 0.224 e. The third kappa shape index (κ3) is 3.70. The molecule has 104 valence electrons. The zero-order valence-electron chi connectivity index (χ0n) is 11.7. The Bertz CT molecular complexity index is 446. The van der Waals surface area contributed by atoms with Crippen LogP contribution < -0.4 is 10.6 Å². The number of amides is 1. The number of hydrogen-bond donors (Lipinski definition) is 2. The largest absolute Gasteiger partial charge is 0.385 e. The van der Waals surface area contributed by atoms with Crippen molar-refractivity contribution in [2.45, 2.75) is 38.7 Å². The highest BCUT2D eigenvalue weighted by molar-refractivity contribution is 5.92. The molecule has 1 unspecified atom stereocenters. The van der Waals surface area contributed by atoms with Crippen molar-refractivity contribution in [3.63, 3.8) is 0 Å². The maximum Gasteiger partial charge on any atom is 0.224 e. The van der Waals surface area contributed by atoms with Gasteiger partial charge < -0.3 is 15.4 Å². The lowest BCUT2D eigenvalue weighted by Crippen LogP contribution is -2.18. The van der Waals surface area contributed by atoms with Gasteiger partial charge in [-0.25, -0.2) is 0 Å². The highest BCUT2D eigenvalue weighted by atomic mass is 16.5. The lowest BCUT2D eigenvalue weighted by atomic mass is 10.0. The number of benzene rings is 1. The van der Waals surface area contributed by atoms with Crippen LogP contribution in [0.4, 0.5) is 11.4 Å². The molecule has 1 amide bonds. The van der Waals surface area contributed by atoms with E-state index < -0.39 is 0 Å². The molecule has 0 aliphatic carbocycles. The summed E-state index contributed by atoms with van der Waals surface area (Å²) >= 11 is 0. The molecule has 1 aliphatic heterocycles. The lowest BCUT2D eigenvalue weighted by Gasteiger charge is -2.21. The molecule has 4 nitrogen and oxygen atoms in total. The molecule has 0 aromatic heterocycles. The molecule has 1 aromatic rings. The van der Waals surface area contributed by atoms with E-state index in [1.54, 1.807) is 7.11 Å². The Hall–Kier alpha value is -1.55. The summed E-state index contributed by atoms with van der Waals surface area (Å²) in [4.78, 5) is 11.9. The van der Waals surface area contributed by atoms with E-state index in [9.17, 15) is 4.79 Å². The first-order chi connectivity index (χ1) is 9.20. The molecule has 2 N–H and O–H groups in total. The van der Waals surface area contributed by atoms with E-state index in [1.807, 2.05) is 19.1 Å². The van der Waals surface area contributed by atoms with Gasteiger partial charge in [-0.15, -0.1) is 0 Å². The van der Waals surface area contributed by atoms with Crippen LogP contribution in [0.2, 0.25) is 0 Å². The van der Waals surface area contributed by atoms with Crippen LogP contribution in [-0.4, -0.2) is 25.7 Å². The maximum absolute atomic E-state index is 11.9. The molecule has 0 bridgehead atoms. The van der Waals surface area contributed by atoms with Gasteiger partial charge in [-0.2, -0.15) is 0 Å². The zero-order chi connectivity index (χ0) is 13.7. The van der Waals surface area contributed by atoms with Crippen molar-refractivity contribution in [2.75, 3.05) is 24.3 Å². The standard InChI is InChI=1S/C15H22N2O2/c1-11(19-2)8-9-15(18)17-14-7-3-6-13-12(14)5-4-10-16-13/h3,6-7,11,16H,4-5,8-10H2,1-2H3,(H,17,18). The van der Waals surface area contributed by atoms with Gasteiger partial charge in [-0.05, 0) is 43.9 Å². The molecule has 4 heteroatoms. The maximum atomic E-state index is 11.9. The van der Waals surface area contributed by atoms with Crippen LogP contribution in [0, 0.1) is 0 Å². The quantitative estimate of drug-likeness (QED) is 0.858. The predicted octanol–water partition coefficient (Wildman–Crippen LogP) is 2.80. The van der Waals surface area contributed by atoms with Crippen LogP contribution in [0.3, 0.4) is 0 Å². The van der Waals surface area contributed by atoms with Crippen molar-refractivity contribution < 1.29 is 9.53 Å². The third-order valence-electron chi connectivity index (χ3n) is 3.55. The van der Waals surface area contributed by atoms with Crippen molar-refractivity contribution in [3.05, 3.63) is 23.8 Å². The summed E-state index contributed by atoms with van der Waals surface area (Å²) in [6, 6.07) is 6.02. The molecule has 0 saturated carbocycles. The molecule has 0 spiro atoms. The highest BCUT2D eigenvalue weighted by Gasteiger charge is 2.14. The van der Waals surface area contributed by atoms with E-state index in [4.69, 9.17) is 4.74 Å². The fraction of sp³-hybridized carbons (Fsp3) is 0.533. The monoisotopic (exact) mass is 262 g/mol. The summed E-state index contributed by atoms with van der Waals surface area (Å²) in [5, 5.41) is 6.38. The van der Waals surface area contributed by atoms with E-state index in [0.717, 1.165) is 37.2 Å². The number of fused-ring (bicyclic) bond motifs is 1. The minimum Gasteiger partial charge on any atom is -0.385 e. The minimum absolute atomic E-state index is 0.0582. The second kappa shape index (κ2) is 6.57. The normalized spacial score (nSPS) is 15.3. The summed E-state index contributed by atoms with van der Waals surface area (Å²) in [6.45, 7) is 2.98. The fourth-order valence-electron chi connectivity index (χ4n) is 2.29. The topological polar surface area (TPSA) is 50.4 Å². The van der Waals surface area contributed by atoms with E-state index in [1.165, 1.54) is 5.56 Å². The van der Waals surface area contributed by atoms with Crippen LogP contribution >= 0.6 is 0 Å². The van der Waals surface area contributed by atoms with Crippen molar-refractivity contribution in [1.82, 2.24) is 0 Å². The van der Waals surface area contributed by atoms with E-state index >= 15 is 0 Å². The molecular formula is C15H22N2O2. The Morgan fingerprint density at radius 3 is 3.16 bits per heavy atom. The second-order valence-electron chi connectivity index (χ2n) is 5.00. The van der Waals surface area contributed by atoms with E-state index in [2.05, 4.69) is 16.7 Å². The van der Waals surface area contributed by atoms with E-state index in [0.29, 0.717) is 6.42 Å². The Balaban J connectivity index is 1.97. The van der Waals surface area contributed by atoms with Crippen LogP contribution in [0.25, 0.3) is 0 Å². The number of anilines is 2. The van der Waals surface area contributed by atoms with Gasteiger partial charge in [0.05, 0.1) is 6.10 Å². The lowest BCUT2D eigenvalue weighted by molar-refractivity contribution is -0.116. The number of rotatable bonds is 5. The first-order valence-electron chi connectivity index (χ1n) is 6.89. The first-order valence-corrected chi connectivity index (χ1v) is 6.89. The number of hydrogen-bond acceptors (Lipinski definition) is 3. The molecule has 0 saturated heterocycles. The van der Waals surface area contributed by atoms with Gasteiger partial charge >= 0.3 is 0 Å². The van der Waals surface area contributed by atoms with Gasteiger partial charge in [-0.1, -0.05) is 6.07 Å². The number of carbonyl (C=O) groups is 1. The molecule has 19 heavy (non-hydrogen) atoms. The van der Waals surface area contributed by atoms with Gasteiger partial charge in [0.15, 0.2) is 0 Å². The minimum atomic E-state index is 0.0582. The molecule has 2 rings (SSSR count). The molecule has 1 heterocycles. The van der Waals surface area contributed by atoms with Crippen molar-refractivity contribution in [1.29, 1.82) is 0 Å². The SMILES string of the molecule is COC(C)CCC(=O)Nc1cccc2c1CCCN2. The molecule has 0 radical (unpaired) electrons. The fourth-order valence-corrected chi connectivity index (χ4v) is 2.29. The van der Waals surface area contributed by atoms with Gasteiger partial charge in [0.1, 0.15) is 0 Å². The summed E-state index contributed by atoms with van der Waals surface area (Å²) < 4.78 is 5.15.